The maximum absolute atomic E-state index is 12.6. The Morgan fingerprint density at radius 2 is 1.60 bits per heavy atom. The second kappa shape index (κ2) is 8.78. The number of carbonyl (C=O) groups excluding carboxylic acids is 1. The third-order valence-corrected chi connectivity index (χ3v) is 5.09. The summed E-state index contributed by atoms with van der Waals surface area (Å²) in [5.74, 6) is 0.808. The summed E-state index contributed by atoms with van der Waals surface area (Å²) in [4.78, 5) is 12.6. The van der Waals surface area contributed by atoms with Gasteiger partial charge in [-0.15, -0.1) is 0 Å². The fourth-order valence-corrected chi connectivity index (χ4v) is 3.87. The Hall–Kier alpha value is -0.410. The van der Waals surface area contributed by atoms with Gasteiger partial charge in [0.05, 0.1) is 6.04 Å². The molecule has 1 aliphatic carbocycles. The zero-order valence-corrected chi connectivity index (χ0v) is 12.9. The number of nitrogens with two attached hydrogens (primary N) is 1. The van der Waals surface area contributed by atoms with E-state index in [9.17, 15) is 4.79 Å². The van der Waals surface area contributed by atoms with E-state index in [2.05, 4.69) is 5.32 Å². The van der Waals surface area contributed by atoms with Crippen molar-refractivity contribution >= 4 is 5.78 Å². The predicted octanol–water partition coefficient (Wildman–Crippen LogP) is 3.17. The molecule has 3 nitrogen and oxygen atoms in total. The Bertz CT molecular complexity index is 293. The molecular formula is C17H32N2O. The zero-order valence-electron chi connectivity index (χ0n) is 12.9. The Balaban J connectivity index is 1.88. The molecule has 1 saturated heterocycles. The van der Waals surface area contributed by atoms with Crippen LogP contribution in [0.1, 0.15) is 77.0 Å². The molecular weight excluding hydrogens is 248 g/mol. The highest BCUT2D eigenvalue weighted by molar-refractivity contribution is 5.89. The molecule has 0 aromatic carbocycles. The van der Waals surface area contributed by atoms with E-state index in [1.165, 1.54) is 51.4 Å². The summed E-state index contributed by atoms with van der Waals surface area (Å²) in [6.45, 7) is 0.744. The number of ketones is 1. The lowest BCUT2D eigenvalue weighted by Crippen LogP contribution is -2.32. The van der Waals surface area contributed by atoms with Gasteiger partial charge in [-0.1, -0.05) is 51.4 Å². The van der Waals surface area contributed by atoms with Crippen molar-refractivity contribution in [2.24, 2.45) is 11.7 Å². The van der Waals surface area contributed by atoms with Crippen LogP contribution in [0.15, 0.2) is 0 Å². The van der Waals surface area contributed by atoms with Crippen molar-refractivity contribution in [3.05, 3.63) is 0 Å². The van der Waals surface area contributed by atoms with E-state index in [4.69, 9.17) is 5.73 Å². The standard InChI is InChI=1S/C17H32N2O/c18-13-9-8-12-16-17(20)14-10-6-4-2-1-3-5-7-11-15(14)19-16/h14-16,19H,1-13,18H2. The highest BCUT2D eigenvalue weighted by atomic mass is 16.1. The number of hydrogen-bond acceptors (Lipinski definition) is 3. The number of hydrogen-bond donors (Lipinski definition) is 2. The zero-order chi connectivity index (χ0) is 14.2. The highest BCUT2D eigenvalue weighted by Crippen LogP contribution is 2.29. The topological polar surface area (TPSA) is 55.1 Å². The molecule has 1 heterocycles. The van der Waals surface area contributed by atoms with Gasteiger partial charge >= 0.3 is 0 Å². The predicted molar refractivity (Wildman–Crippen MR) is 83.7 cm³/mol. The van der Waals surface area contributed by atoms with Crippen LogP contribution in [0.3, 0.4) is 0 Å². The molecule has 0 aromatic rings. The van der Waals surface area contributed by atoms with Gasteiger partial charge < -0.3 is 11.1 Å². The Morgan fingerprint density at radius 1 is 0.950 bits per heavy atom. The second-order valence-electron chi connectivity index (χ2n) is 6.67. The first kappa shape index (κ1) is 16.0. The van der Waals surface area contributed by atoms with Gasteiger partial charge in [0.1, 0.15) is 0 Å². The summed E-state index contributed by atoms with van der Waals surface area (Å²) in [5.41, 5.74) is 5.55. The second-order valence-corrected chi connectivity index (χ2v) is 6.67. The lowest BCUT2D eigenvalue weighted by atomic mass is 9.89. The van der Waals surface area contributed by atoms with E-state index >= 15 is 0 Å². The largest absolute Gasteiger partial charge is 0.330 e. The molecule has 3 atom stereocenters. The molecule has 2 rings (SSSR count). The average molecular weight is 280 g/mol. The van der Waals surface area contributed by atoms with Crippen LogP contribution < -0.4 is 11.1 Å². The first-order chi connectivity index (χ1) is 9.83. The Kier molecular flexibility index (Phi) is 7.01. The van der Waals surface area contributed by atoms with Gasteiger partial charge in [0, 0.05) is 12.0 Å². The van der Waals surface area contributed by atoms with Gasteiger partial charge in [0.25, 0.3) is 0 Å². The molecule has 0 bridgehead atoms. The Labute approximate surface area is 124 Å². The minimum Gasteiger partial charge on any atom is -0.330 e. The van der Waals surface area contributed by atoms with Crippen molar-refractivity contribution in [3.8, 4) is 0 Å². The van der Waals surface area contributed by atoms with Crippen molar-refractivity contribution < 1.29 is 4.79 Å². The lowest BCUT2D eigenvalue weighted by molar-refractivity contribution is -0.122. The average Bonchev–Trinajstić information content (AvgIpc) is 2.72. The summed E-state index contributed by atoms with van der Waals surface area (Å²) in [7, 11) is 0. The van der Waals surface area contributed by atoms with Crippen LogP contribution >= 0.6 is 0 Å². The summed E-state index contributed by atoms with van der Waals surface area (Å²) >= 11 is 0. The molecule has 0 amide bonds. The maximum atomic E-state index is 12.6. The van der Waals surface area contributed by atoms with Crippen molar-refractivity contribution in [2.45, 2.75) is 89.1 Å². The summed E-state index contributed by atoms with van der Waals surface area (Å²) in [6, 6.07) is 0.586. The third-order valence-electron chi connectivity index (χ3n) is 5.09. The normalized spacial score (nSPS) is 32.6. The van der Waals surface area contributed by atoms with Gasteiger partial charge in [0.2, 0.25) is 0 Å². The van der Waals surface area contributed by atoms with Crippen LogP contribution in [0.2, 0.25) is 0 Å². The molecule has 116 valence electrons. The molecule has 0 aromatic heterocycles. The van der Waals surface area contributed by atoms with Crippen molar-refractivity contribution in [1.82, 2.24) is 5.32 Å². The monoisotopic (exact) mass is 280 g/mol. The fraction of sp³-hybridized carbons (Fsp3) is 0.941. The molecule has 0 spiro atoms. The molecule has 2 aliphatic rings. The summed E-state index contributed by atoms with van der Waals surface area (Å²) < 4.78 is 0. The highest BCUT2D eigenvalue weighted by Gasteiger charge is 2.39. The van der Waals surface area contributed by atoms with E-state index in [1.54, 1.807) is 0 Å². The van der Waals surface area contributed by atoms with Crippen molar-refractivity contribution in [2.75, 3.05) is 6.54 Å². The van der Waals surface area contributed by atoms with Crippen LogP contribution in [0, 0.1) is 5.92 Å². The molecule has 1 aliphatic heterocycles. The van der Waals surface area contributed by atoms with Crippen LogP contribution in [0.25, 0.3) is 0 Å². The molecule has 3 heteroatoms. The number of unbranched alkanes of at least 4 members (excludes halogenated alkanes) is 1. The van der Waals surface area contributed by atoms with E-state index in [-0.39, 0.29) is 6.04 Å². The van der Waals surface area contributed by atoms with Gasteiger partial charge in [-0.25, -0.2) is 0 Å². The fourth-order valence-electron chi connectivity index (χ4n) is 3.87. The molecule has 3 N–H and O–H groups in total. The van der Waals surface area contributed by atoms with E-state index in [1.807, 2.05) is 0 Å². The first-order valence-electron chi connectivity index (χ1n) is 8.83. The molecule has 3 unspecified atom stereocenters. The third kappa shape index (κ3) is 4.56. The lowest BCUT2D eigenvalue weighted by Gasteiger charge is -2.17. The van der Waals surface area contributed by atoms with Gasteiger partial charge in [-0.3, -0.25) is 4.79 Å². The van der Waals surface area contributed by atoms with Crippen LogP contribution in [0.4, 0.5) is 0 Å². The number of rotatable bonds is 4. The van der Waals surface area contributed by atoms with E-state index in [0.29, 0.717) is 17.7 Å². The van der Waals surface area contributed by atoms with Gasteiger partial charge in [-0.2, -0.15) is 0 Å². The number of carbonyl (C=O) groups is 1. The minimum atomic E-state index is 0.125. The van der Waals surface area contributed by atoms with Crippen LogP contribution in [-0.2, 0) is 4.79 Å². The number of nitrogens with one attached hydrogen (secondary N) is 1. The van der Waals surface area contributed by atoms with Crippen molar-refractivity contribution in [1.29, 1.82) is 0 Å². The summed E-state index contributed by atoms with van der Waals surface area (Å²) in [5, 5.41) is 3.65. The van der Waals surface area contributed by atoms with Crippen LogP contribution in [0.5, 0.6) is 0 Å². The maximum Gasteiger partial charge on any atom is 0.154 e. The van der Waals surface area contributed by atoms with Gasteiger partial charge in [0.15, 0.2) is 5.78 Å². The first-order valence-corrected chi connectivity index (χ1v) is 8.83. The Morgan fingerprint density at radius 3 is 2.30 bits per heavy atom. The quantitative estimate of drug-likeness (QED) is 0.778. The van der Waals surface area contributed by atoms with E-state index in [0.717, 1.165) is 32.2 Å². The van der Waals surface area contributed by atoms with Crippen molar-refractivity contribution in [3.63, 3.8) is 0 Å². The number of fused-ring (bicyclic) bond motifs is 1. The SMILES string of the molecule is NCCCCC1NC2CCCCCCCCCC2C1=O. The molecule has 0 radical (unpaired) electrons. The summed E-state index contributed by atoms with van der Waals surface area (Å²) in [6.07, 6.45) is 14.7. The molecule has 20 heavy (non-hydrogen) atoms. The smallest absolute Gasteiger partial charge is 0.154 e. The molecule has 1 saturated carbocycles. The molecule has 2 fully saturated rings. The van der Waals surface area contributed by atoms with Gasteiger partial charge in [-0.05, 0) is 32.2 Å². The van der Waals surface area contributed by atoms with Crippen LogP contribution in [-0.4, -0.2) is 24.4 Å². The number of Topliss-reactive ketones (excluding diaryl/α,β-unsaturated/α-hetero) is 1. The van der Waals surface area contributed by atoms with E-state index < -0.39 is 0 Å². The minimum absolute atomic E-state index is 0.125.